The number of nitrogens with zero attached hydrogens (tertiary/aromatic N) is 3. The molecule has 0 unspecified atom stereocenters. The molecule has 0 atom stereocenters. The lowest BCUT2D eigenvalue weighted by Gasteiger charge is -2.10. The predicted octanol–water partition coefficient (Wildman–Crippen LogP) is 3.72. The van der Waals surface area contributed by atoms with E-state index in [1.807, 2.05) is 4.57 Å². The SMILES string of the molecule is Nc1nc2c(nc(CCCOCCOCCOCCOCCOCCOCCCCCCCl)n2Cc2ccc(F)cc2)c(=O)[nH]1. The lowest BCUT2D eigenvalue weighted by molar-refractivity contribution is -0.0169. The highest BCUT2D eigenvalue weighted by atomic mass is 35.5. The van der Waals surface area contributed by atoms with Crippen LogP contribution < -0.4 is 11.3 Å². The molecule has 0 aliphatic carbocycles. The Hall–Kier alpha value is -2.65. The van der Waals surface area contributed by atoms with Gasteiger partial charge in [0.25, 0.3) is 5.56 Å². The molecule has 3 N–H and O–H groups in total. The van der Waals surface area contributed by atoms with Crippen LogP contribution >= 0.6 is 11.6 Å². The second kappa shape index (κ2) is 22.8. The number of benzene rings is 1. The Kier molecular flexibility index (Phi) is 18.6. The number of aromatic nitrogens is 4. The van der Waals surface area contributed by atoms with Gasteiger partial charge in [0.2, 0.25) is 5.95 Å². The van der Waals surface area contributed by atoms with Gasteiger partial charge in [-0.2, -0.15) is 4.98 Å². The lowest BCUT2D eigenvalue weighted by Crippen LogP contribution is -2.14. The van der Waals surface area contributed by atoms with Gasteiger partial charge in [-0.1, -0.05) is 25.0 Å². The topological polar surface area (TPSA) is 145 Å². The van der Waals surface area contributed by atoms with Crippen molar-refractivity contribution in [1.29, 1.82) is 0 Å². The number of hydrogen-bond donors (Lipinski definition) is 2. The van der Waals surface area contributed by atoms with Crippen LogP contribution in [0.1, 0.15) is 43.5 Å². The van der Waals surface area contributed by atoms with E-state index in [-0.39, 0.29) is 17.3 Å². The molecule has 0 saturated heterocycles. The van der Waals surface area contributed by atoms with E-state index in [1.165, 1.54) is 12.1 Å². The summed E-state index contributed by atoms with van der Waals surface area (Å²) in [5.74, 6) is 1.11. The number of anilines is 1. The number of imidazole rings is 1. The first-order valence-corrected chi connectivity index (χ1v) is 16.1. The molecule has 0 saturated carbocycles. The van der Waals surface area contributed by atoms with E-state index in [0.717, 1.165) is 43.7 Å². The molecular weight excluding hydrogens is 609 g/mol. The third-order valence-electron chi connectivity index (χ3n) is 6.68. The molecule has 0 amide bonds. The van der Waals surface area contributed by atoms with E-state index in [2.05, 4.69) is 15.0 Å². The van der Waals surface area contributed by atoms with Crippen LogP contribution in [0, 0.1) is 5.82 Å². The number of aromatic amines is 1. The molecule has 0 aliphatic rings. The number of H-pyrrole nitrogens is 1. The molecule has 0 aliphatic heterocycles. The van der Waals surface area contributed by atoms with E-state index >= 15 is 0 Å². The molecule has 0 bridgehead atoms. The summed E-state index contributed by atoms with van der Waals surface area (Å²) in [5, 5.41) is 0. The van der Waals surface area contributed by atoms with Crippen molar-refractivity contribution in [3.8, 4) is 0 Å². The van der Waals surface area contributed by atoms with Crippen molar-refractivity contribution in [2.24, 2.45) is 0 Å². The van der Waals surface area contributed by atoms with Crippen LogP contribution in [-0.4, -0.2) is 105 Å². The maximum atomic E-state index is 13.4. The number of rotatable bonds is 27. The zero-order valence-electron chi connectivity index (χ0n) is 26.0. The predicted molar refractivity (Wildman–Crippen MR) is 170 cm³/mol. The van der Waals surface area contributed by atoms with E-state index in [1.54, 1.807) is 12.1 Å². The summed E-state index contributed by atoms with van der Waals surface area (Å²) in [7, 11) is 0. The number of hydrogen-bond acceptors (Lipinski definition) is 10. The molecule has 3 aromatic rings. The third kappa shape index (κ3) is 15.0. The number of alkyl halides is 1. The second-order valence-electron chi connectivity index (χ2n) is 10.2. The number of nitrogens with two attached hydrogens (primary N) is 1. The first kappa shape index (κ1) is 36.8. The van der Waals surface area contributed by atoms with Gasteiger partial charge in [0.1, 0.15) is 11.6 Å². The molecule has 3 rings (SSSR count). The highest BCUT2D eigenvalue weighted by Crippen LogP contribution is 2.16. The molecule has 14 heteroatoms. The van der Waals surface area contributed by atoms with Crippen LogP contribution in [0.4, 0.5) is 10.3 Å². The Morgan fingerprint density at radius 1 is 0.711 bits per heavy atom. The Morgan fingerprint density at radius 2 is 1.22 bits per heavy atom. The Bertz CT molecular complexity index is 1260. The Balaban J connectivity index is 1.16. The van der Waals surface area contributed by atoms with Crippen molar-refractivity contribution < 1.29 is 32.8 Å². The molecule has 12 nitrogen and oxygen atoms in total. The first-order valence-electron chi connectivity index (χ1n) is 15.6. The van der Waals surface area contributed by atoms with Crippen molar-refractivity contribution in [2.75, 3.05) is 90.9 Å². The number of ether oxygens (including phenoxy) is 6. The minimum Gasteiger partial charge on any atom is -0.379 e. The minimum absolute atomic E-state index is 0.0140. The van der Waals surface area contributed by atoms with E-state index in [9.17, 15) is 9.18 Å². The average Bonchev–Trinajstić information content (AvgIpc) is 3.37. The standard InChI is InChI=1S/C31H47ClFN5O7/c32-11-3-1-2-4-12-40-14-16-42-18-20-44-22-23-45-21-19-43-17-15-41-13-5-6-27-35-28-29(36-31(34)37-30(28)39)38(27)24-25-7-9-26(33)10-8-25/h7-10H,1-6,11-24H2,(H3,34,36,37,39). The second-order valence-corrected chi connectivity index (χ2v) is 10.6. The van der Waals surface area contributed by atoms with Crippen molar-refractivity contribution in [3.05, 3.63) is 51.8 Å². The van der Waals surface area contributed by atoms with Crippen LogP contribution in [0.3, 0.4) is 0 Å². The normalized spacial score (nSPS) is 11.6. The van der Waals surface area contributed by atoms with Gasteiger partial charge < -0.3 is 38.7 Å². The minimum atomic E-state index is -0.399. The third-order valence-corrected chi connectivity index (χ3v) is 6.95. The number of unbranched alkanes of at least 4 members (excludes halogenated alkanes) is 3. The molecule has 0 spiro atoms. The summed E-state index contributed by atoms with van der Waals surface area (Å²) in [6.45, 7) is 6.71. The van der Waals surface area contributed by atoms with Crippen LogP contribution in [0.2, 0.25) is 0 Å². The van der Waals surface area contributed by atoms with Gasteiger partial charge in [-0.15, -0.1) is 11.6 Å². The fraction of sp³-hybridized carbons (Fsp3) is 0.645. The Labute approximate surface area is 268 Å². The zero-order chi connectivity index (χ0) is 32.0. The number of halogens is 2. The molecule has 1 aromatic carbocycles. The van der Waals surface area contributed by atoms with Gasteiger partial charge in [0, 0.05) is 25.5 Å². The molecule has 252 valence electrons. The zero-order valence-corrected chi connectivity index (χ0v) is 26.7. The van der Waals surface area contributed by atoms with Crippen molar-refractivity contribution in [2.45, 2.75) is 45.1 Å². The van der Waals surface area contributed by atoms with Crippen LogP contribution in [0.15, 0.2) is 29.1 Å². The van der Waals surface area contributed by atoms with Crippen molar-refractivity contribution in [3.63, 3.8) is 0 Å². The molecule has 2 heterocycles. The summed E-state index contributed by atoms with van der Waals surface area (Å²) in [6, 6.07) is 6.16. The van der Waals surface area contributed by atoms with Gasteiger partial charge in [0.05, 0.1) is 72.6 Å². The van der Waals surface area contributed by atoms with Crippen LogP contribution in [-0.2, 0) is 41.4 Å². The summed E-state index contributed by atoms with van der Waals surface area (Å²) in [6.07, 6.45) is 5.69. The fourth-order valence-electron chi connectivity index (χ4n) is 4.39. The van der Waals surface area contributed by atoms with Crippen molar-refractivity contribution in [1.82, 2.24) is 19.5 Å². The number of nitrogen functional groups attached to an aromatic ring is 1. The smallest absolute Gasteiger partial charge is 0.280 e. The van der Waals surface area contributed by atoms with Gasteiger partial charge in [-0.25, -0.2) is 9.37 Å². The average molecular weight is 656 g/mol. The van der Waals surface area contributed by atoms with Crippen LogP contribution in [0.25, 0.3) is 11.2 Å². The van der Waals surface area contributed by atoms with Gasteiger partial charge in [-0.05, 0) is 37.0 Å². The molecule has 45 heavy (non-hydrogen) atoms. The summed E-state index contributed by atoms with van der Waals surface area (Å²) < 4.78 is 48.5. The van der Waals surface area contributed by atoms with E-state index in [0.29, 0.717) is 104 Å². The van der Waals surface area contributed by atoms with Gasteiger partial charge in [0.15, 0.2) is 11.2 Å². The van der Waals surface area contributed by atoms with E-state index < -0.39 is 5.56 Å². The molecular formula is C31H47ClFN5O7. The summed E-state index contributed by atoms with van der Waals surface area (Å²) in [5.41, 5.74) is 6.83. The largest absolute Gasteiger partial charge is 0.379 e. The summed E-state index contributed by atoms with van der Waals surface area (Å²) in [4.78, 5) is 23.7. The quantitative estimate of drug-likeness (QED) is 0.0921. The maximum Gasteiger partial charge on any atom is 0.280 e. The Morgan fingerprint density at radius 3 is 1.78 bits per heavy atom. The van der Waals surface area contributed by atoms with Crippen molar-refractivity contribution >= 4 is 28.7 Å². The fourth-order valence-corrected chi connectivity index (χ4v) is 4.58. The van der Waals surface area contributed by atoms with Crippen LogP contribution in [0.5, 0.6) is 0 Å². The number of aryl methyl sites for hydroxylation is 1. The van der Waals surface area contributed by atoms with Gasteiger partial charge in [-0.3, -0.25) is 9.78 Å². The highest BCUT2D eigenvalue weighted by molar-refractivity contribution is 6.17. The molecule has 0 radical (unpaired) electrons. The van der Waals surface area contributed by atoms with E-state index in [4.69, 9.17) is 45.8 Å². The highest BCUT2D eigenvalue weighted by Gasteiger charge is 2.16. The summed E-state index contributed by atoms with van der Waals surface area (Å²) >= 11 is 5.65. The van der Waals surface area contributed by atoms with Gasteiger partial charge >= 0.3 is 0 Å². The molecule has 2 aromatic heterocycles. The molecule has 0 fully saturated rings. The number of fused-ring (bicyclic) bond motifs is 1. The first-order chi connectivity index (χ1) is 22.1. The lowest BCUT2D eigenvalue weighted by atomic mass is 10.2. The monoisotopic (exact) mass is 655 g/mol. The number of nitrogens with one attached hydrogen (secondary N) is 1. The maximum absolute atomic E-state index is 13.4.